The molecule has 0 bridgehead atoms. The quantitative estimate of drug-likeness (QED) is 0.791. The first kappa shape index (κ1) is 15.8. The Morgan fingerprint density at radius 1 is 1.48 bits per heavy atom. The molecule has 2 rings (SSSR count). The maximum absolute atomic E-state index is 12.5. The van der Waals surface area contributed by atoms with Gasteiger partial charge in [-0.3, -0.25) is 9.69 Å². The molecule has 0 spiro atoms. The molecule has 3 N–H and O–H groups in total. The monoisotopic (exact) mass is 289 g/mol. The summed E-state index contributed by atoms with van der Waals surface area (Å²) in [5.41, 5.74) is 8.31. The number of carbonyl (C=O) groups is 1. The van der Waals surface area contributed by atoms with Gasteiger partial charge in [0.05, 0.1) is 6.04 Å². The third kappa shape index (κ3) is 3.97. The first-order chi connectivity index (χ1) is 10.0. The van der Waals surface area contributed by atoms with Crippen LogP contribution >= 0.6 is 0 Å². The summed E-state index contributed by atoms with van der Waals surface area (Å²) in [6, 6.07) is 5.47. The second-order valence-corrected chi connectivity index (χ2v) is 6.12. The molecule has 4 nitrogen and oxygen atoms in total. The van der Waals surface area contributed by atoms with E-state index in [2.05, 4.69) is 17.1 Å². The van der Waals surface area contributed by atoms with Crippen LogP contribution in [0, 0.1) is 12.8 Å². The van der Waals surface area contributed by atoms with Gasteiger partial charge in [-0.05, 0) is 62.9 Å². The van der Waals surface area contributed by atoms with E-state index < -0.39 is 0 Å². The largest absolute Gasteiger partial charge is 0.399 e. The lowest BCUT2D eigenvalue weighted by molar-refractivity contribution is -0.121. The third-order valence-corrected chi connectivity index (χ3v) is 4.56. The van der Waals surface area contributed by atoms with Crippen molar-refractivity contribution in [2.24, 2.45) is 5.92 Å². The highest BCUT2D eigenvalue weighted by Crippen LogP contribution is 2.27. The van der Waals surface area contributed by atoms with Crippen molar-refractivity contribution in [3.05, 3.63) is 23.8 Å². The van der Waals surface area contributed by atoms with Crippen LogP contribution in [0.2, 0.25) is 0 Å². The second-order valence-electron chi connectivity index (χ2n) is 6.12. The Kier molecular flexibility index (Phi) is 5.23. The van der Waals surface area contributed by atoms with E-state index in [0.717, 1.165) is 35.9 Å². The van der Waals surface area contributed by atoms with Crippen LogP contribution < -0.4 is 11.1 Å². The van der Waals surface area contributed by atoms with Crippen molar-refractivity contribution in [3.8, 4) is 0 Å². The number of hydrogen-bond acceptors (Lipinski definition) is 3. The topological polar surface area (TPSA) is 58.4 Å². The van der Waals surface area contributed by atoms with Crippen LogP contribution in [-0.4, -0.2) is 29.9 Å². The Bertz CT molecular complexity index is 497. The van der Waals surface area contributed by atoms with E-state index >= 15 is 0 Å². The fourth-order valence-corrected chi connectivity index (χ4v) is 2.80. The van der Waals surface area contributed by atoms with Crippen LogP contribution in [0.15, 0.2) is 18.2 Å². The van der Waals surface area contributed by atoms with Crippen molar-refractivity contribution in [2.45, 2.75) is 46.1 Å². The number of rotatable bonds is 6. The lowest BCUT2D eigenvalue weighted by Crippen LogP contribution is -2.45. The molecule has 0 saturated heterocycles. The Hall–Kier alpha value is -1.55. The van der Waals surface area contributed by atoms with Gasteiger partial charge in [0.1, 0.15) is 0 Å². The number of carbonyl (C=O) groups excluding carboxylic acids is 1. The van der Waals surface area contributed by atoms with Crippen LogP contribution in [0.5, 0.6) is 0 Å². The van der Waals surface area contributed by atoms with Crippen LogP contribution in [0.4, 0.5) is 11.4 Å². The molecule has 0 radical (unpaired) electrons. The number of hydrogen-bond donors (Lipinski definition) is 2. The molecule has 4 heteroatoms. The van der Waals surface area contributed by atoms with Crippen LogP contribution in [-0.2, 0) is 4.79 Å². The van der Waals surface area contributed by atoms with Crippen molar-refractivity contribution in [3.63, 3.8) is 0 Å². The normalized spacial score (nSPS) is 16.6. The summed E-state index contributed by atoms with van der Waals surface area (Å²) in [5.74, 6) is 0.836. The van der Waals surface area contributed by atoms with Crippen molar-refractivity contribution in [1.29, 1.82) is 0 Å². The highest BCUT2D eigenvalue weighted by molar-refractivity contribution is 5.95. The summed E-state index contributed by atoms with van der Waals surface area (Å²) < 4.78 is 0. The molecule has 1 aromatic rings. The van der Waals surface area contributed by atoms with Crippen LogP contribution in [0.25, 0.3) is 0 Å². The SMILES string of the molecule is CCN(CC1CCC1)C(C)C(=O)Nc1ccc(N)cc1C. The highest BCUT2D eigenvalue weighted by Gasteiger charge is 2.26. The zero-order valence-electron chi connectivity index (χ0n) is 13.4. The summed E-state index contributed by atoms with van der Waals surface area (Å²) in [6.45, 7) is 8.02. The van der Waals surface area contributed by atoms with Gasteiger partial charge < -0.3 is 11.1 Å². The van der Waals surface area contributed by atoms with E-state index in [1.54, 1.807) is 0 Å². The summed E-state index contributed by atoms with van der Waals surface area (Å²) >= 11 is 0. The zero-order valence-corrected chi connectivity index (χ0v) is 13.4. The van der Waals surface area contributed by atoms with Gasteiger partial charge in [0.2, 0.25) is 5.91 Å². The number of likely N-dealkylation sites (N-methyl/N-ethyl adjacent to an activating group) is 1. The molecular formula is C17H27N3O. The van der Waals surface area contributed by atoms with Gasteiger partial charge in [-0.15, -0.1) is 0 Å². The average Bonchev–Trinajstić information content (AvgIpc) is 2.40. The van der Waals surface area contributed by atoms with Gasteiger partial charge in [0.25, 0.3) is 0 Å². The number of nitrogens with zero attached hydrogens (tertiary/aromatic N) is 1. The number of nitrogen functional groups attached to an aromatic ring is 1. The number of benzene rings is 1. The van der Waals surface area contributed by atoms with Crippen LogP contribution in [0.3, 0.4) is 0 Å². The predicted octanol–water partition coefficient (Wildman–Crippen LogP) is 3.03. The molecule has 116 valence electrons. The molecule has 1 aromatic carbocycles. The van der Waals surface area contributed by atoms with Gasteiger partial charge in [-0.2, -0.15) is 0 Å². The molecule has 21 heavy (non-hydrogen) atoms. The predicted molar refractivity (Wildman–Crippen MR) is 88.3 cm³/mol. The number of nitrogens with two attached hydrogens (primary N) is 1. The third-order valence-electron chi connectivity index (χ3n) is 4.56. The van der Waals surface area contributed by atoms with Crippen molar-refractivity contribution >= 4 is 17.3 Å². The minimum absolute atomic E-state index is 0.0593. The van der Waals surface area contributed by atoms with E-state index in [4.69, 9.17) is 5.73 Å². The minimum Gasteiger partial charge on any atom is -0.399 e. The fraction of sp³-hybridized carbons (Fsp3) is 0.588. The zero-order chi connectivity index (χ0) is 15.4. The molecule has 1 saturated carbocycles. The molecule has 0 aromatic heterocycles. The maximum atomic E-state index is 12.5. The van der Waals surface area contributed by atoms with Gasteiger partial charge in [0.15, 0.2) is 0 Å². The van der Waals surface area contributed by atoms with Crippen LogP contribution in [0.1, 0.15) is 38.7 Å². The summed E-state index contributed by atoms with van der Waals surface area (Å²) in [6.07, 6.45) is 3.96. The Morgan fingerprint density at radius 2 is 2.19 bits per heavy atom. The Balaban J connectivity index is 1.96. The molecular weight excluding hydrogens is 262 g/mol. The lowest BCUT2D eigenvalue weighted by Gasteiger charge is -2.34. The van der Waals surface area contributed by atoms with Gasteiger partial charge in [0, 0.05) is 17.9 Å². The maximum Gasteiger partial charge on any atom is 0.241 e. The standard InChI is InChI=1S/C17H27N3O/c1-4-20(11-14-6-5-7-14)13(3)17(21)19-16-9-8-15(18)10-12(16)2/h8-10,13-14H,4-7,11,18H2,1-3H3,(H,19,21). The highest BCUT2D eigenvalue weighted by atomic mass is 16.2. The Morgan fingerprint density at radius 3 is 2.71 bits per heavy atom. The fourth-order valence-electron chi connectivity index (χ4n) is 2.80. The van der Waals surface area contributed by atoms with E-state index in [1.807, 2.05) is 32.0 Å². The average molecular weight is 289 g/mol. The summed E-state index contributed by atoms with van der Waals surface area (Å²) in [5, 5.41) is 3.03. The number of nitrogens with one attached hydrogen (secondary N) is 1. The first-order valence-electron chi connectivity index (χ1n) is 7.92. The van der Waals surface area contributed by atoms with E-state index in [-0.39, 0.29) is 11.9 Å². The number of amides is 1. The summed E-state index contributed by atoms with van der Waals surface area (Å²) in [4.78, 5) is 14.7. The minimum atomic E-state index is -0.104. The smallest absolute Gasteiger partial charge is 0.241 e. The molecule has 0 aliphatic heterocycles. The van der Waals surface area contributed by atoms with Crippen molar-refractivity contribution in [2.75, 3.05) is 24.1 Å². The molecule has 1 atom stereocenters. The van der Waals surface area contributed by atoms with E-state index in [0.29, 0.717) is 0 Å². The number of anilines is 2. The van der Waals surface area contributed by atoms with E-state index in [9.17, 15) is 4.79 Å². The van der Waals surface area contributed by atoms with E-state index in [1.165, 1.54) is 19.3 Å². The molecule has 1 unspecified atom stereocenters. The van der Waals surface area contributed by atoms with Crippen molar-refractivity contribution in [1.82, 2.24) is 4.90 Å². The second kappa shape index (κ2) is 6.94. The first-order valence-corrected chi connectivity index (χ1v) is 7.92. The number of aryl methyl sites for hydroxylation is 1. The molecule has 1 amide bonds. The molecule has 1 fully saturated rings. The van der Waals surface area contributed by atoms with Crippen molar-refractivity contribution < 1.29 is 4.79 Å². The molecule has 1 aliphatic carbocycles. The molecule has 1 aliphatic rings. The van der Waals surface area contributed by atoms with Gasteiger partial charge >= 0.3 is 0 Å². The summed E-state index contributed by atoms with van der Waals surface area (Å²) in [7, 11) is 0. The Labute approximate surface area is 127 Å². The van der Waals surface area contributed by atoms with Gasteiger partial charge in [-0.1, -0.05) is 13.3 Å². The lowest BCUT2D eigenvalue weighted by atomic mass is 9.85. The van der Waals surface area contributed by atoms with Gasteiger partial charge in [-0.25, -0.2) is 0 Å². The molecule has 0 heterocycles.